The molecule has 0 bridgehead atoms. The maximum atomic E-state index is 12.0. The van der Waals surface area contributed by atoms with E-state index in [0.717, 1.165) is 23.4 Å². The van der Waals surface area contributed by atoms with Crippen LogP contribution in [0, 0.1) is 0 Å². The summed E-state index contributed by atoms with van der Waals surface area (Å²) in [4.78, 5) is 12.0. The molecule has 0 spiro atoms. The highest BCUT2D eigenvalue weighted by atomic mass is 32.1. The second kappa shape index (κ2) is 7.31. The topological polar surface area (TPSA) is 44.1 Å². The van der Waals surface area contributed by atoms with Crippen LogP contribution in [0.25, 0.3) is 11.3 Å². The molecular formula is C16H20N2O2S. The van der Waals surface area contributed by atoms with E-state index in [4.69, 9.17) is 4.74 Å². The molecule has 1 heterocycles. The molecule has 1 aromatic heterocycles. The van der Waals surface area contributed by atoms with Crippen molar-refractivity contribution in [3.8, 4) is 17.0 Å². The molecular weight excluding hydrogens is 284 g/mol. The average molecular weight is 304 g/mol. The first-order valence-electron chi connectivity index (χ1n) is 7.14. The number of ether oxygens (including phenoxy) is 1. The van der Waals surface area contributed by atoms with Crippen LogP contribution in [-0.4, -0.2) is 16.4 Å². The highest BCUT2D eigenvalue weighted by molar-refractivity contribution is 7.79. The van der Waals surface area contributed by atoms with E-state index in [2.05, 4.69) is 24.7 Å². The summed E-state index contributed by atoms with van der Waals surface area (Å²) in [6.07, 6.45) is 0.965. The molecule has 0 radical (unpaired) electrons. The lowest BCUT2D eigenvalue weighted by atomic mass is 10.1. The lowest BCUT2D eigenvalue weighted by molar-refractivity contribution is 0.317. The van der Waals surface area contributed by atoms with Gasteiger partial charge in [-0.15, -0.1) is 0 Å². The highest BCUT2D eigenvalue weighted by Gasteiger charge is 2.09. The van der Waals surface area contributed by atoms with Crippen LogP contribution < -0.4 is 10.3 Å². The first kappa shape index (κ1) is 15.6. The van der Waals surface area contributed by atoms with Crippen molar-refractivity contribution in [1.29, 1.82) is 0 Å². The van der Waals surface area contributed by atoms with Crippen molar-refractivity contribution in [3.05, 3.63) is 46.2 Å². The average Bonchev–Trinajstić information content (AvgIpc) is 2.53. The lowest BCUT2D eigenvalue weighted by Gasteiger charge is -2.10. The minimum absolute atomic E-state index is 0.0744. The fourth-order valence-corrected chi connectivity index (χ4v) is 2.26. The van der Waals surface area contributed by atoms with Gasteiger partial charge in [0, 0.05) is 23.4 Å². The third kappa shape index (κ3) is 3.67. The van der Waals surface area contributed by atoms with Crippen LogP contribution in [0.2, 0.25) is 0 Å². The molecule has 0 aliphatic carbocycles. The van der Waals surface area contributed by atoms with Crippen molar-refractivity contribution in [2.75, 3.05) is 6.61 Å². The van der Waals surface area contributed by atoms with E-state index in [1.54, 1.807) is 6.07 Å². The number of benzene rings is 1. The SMILES string of the molecule is CCCOc1cccc(-c2cc(CS)c(=O)n(CC)n2)c1. The van der Waals surface area contributed by atoms with E-state index in [9.17, 15) is 4.79 Å². The van der Waals surface area contributed by atoms with Crippen LogP contribution in [0.1, 0.15) is 25.8 Å². The Hall–Kier alpha value is -1.75. The van der Waals surface area contributed by atoms with Crippen LogP contribution in [0.3, 0.4) is 0 Å². The summed E-state index contributed by atoms with van der Waals surface area (Å²) >= 11 is 4.23. The van der Waals surface area contributed by atoms with Crippen molar-refractivity contribution >= 4 is 12.6 Å². The molecule has 0 fully saturated rings. The van der Waals surface area contributed by atoms with Gasteiger partial charge in [0.1, 0.15) is 5.75 Å². The quantitative estimate of drug-likeness (QED) is 0.834. The number of thiol groups is 1. The van der Waals surface area contributed by atoms with Gasteiger partial charge in [0.05, 0.1) is 12.3 Å². The van der Waals surface area contributed by atoms with Crippen molar-refractivity contribution in [1.82, 2.24) is 9.78 Å². The lowest BCUT2D eigenvalue weighted by Crippen LogP contribution is -2.25. The Morgan fingerprint density at radius 3 is 2.76 bits per heavy atom. The van der Waals surface area contributed by atoms with Gasteiger partial charge in [-0.25, -0.2) is 4.68 Å². The zero-order valence-electron chi connectivity index (χ0n) is 12.4. The number of rotatable bonds is 6. The van der Waals surface area contributed by atoms with Gasteiger partial charge in [-0.1, -0.05) is 19.1 Å². The van der Waals surface area contributed by atoms with Crippen molar-refractivity contribution < 1.29 is 4.74 Å². The molecule has 0 amide bonds. The minimum Gasteiger partial charge on any atom is -0.494 e. The van der Waals surface area contributed by atoms with Crippen LogP contribution >= 0.6 is 12.6 Å². The Labute approximate surface area is 130 Å². The van der Waals surface area contributed by atoms with Crippen LogP contribution in [0.5, 0.6) is 5.75 Å². The largest absolute Gasteiger partial charge is 0.494 e. The number of hydrogen-bond donors (Lipinski definition) is 1. The smallest absolute Gasteiger partial charge is 0.270 e. The molecule has 0 saturated heterocycles. The second-order valence-corrected chi connectivity index (χ2v) is 5.03. The Bertz CT molecular complexity index is 639. The summed E-state index contributed by atoms with van der Waals surface area (Å²) in [5, 5.41) is 4.41. The van der Waals surface area contributed by atoms with E-state index in [-0.39, 0.29) is 5.56 Å². The normalized spacial score (nSPS) is 10.6. The predicted octanol–water partition coefficient (Wildman–Crippen LogP) is 3.15. The highest BCUT2D eigenvalue weighted by Crippen LogP contribution is 2.22. The molecule has 5 heteroatoms. The molecule has 112 valence electrons. The molecule has 0 aliphatic heterocycles. The van der Waals surface area contributed by atoms with Gasteiger partial charge in [0.25, 0.3) is 5.56 Å². The van der Waals surface area contributed by atoms with Crippen molar-refractivity contribution in [2.45, 2.75) is 32.6 Å². The number of hydrogen-bond acceptors (Lipinski definition) is 4. The third-order valence-corrected chi connectivity index (χ3v) is 3.46. The maximum Gasteiger partial charge on any atom is 0.270 e. The summed E-state index contributed by atoms with van der Waals surface area (Å²) in [7, 11) is 0. The van der Waals surface area contributed by atoms with E-state index >= 15 is 0 Å². The van der Waals surface area contributed by atoms with Crippen LogP contribution in [0.4, 0.5) is 0 Å². The molecule has 2 aromatic rings. The molecule has 0 aliphatic rings. The molecule has 4 nitrogen and oxygen atoms in total. The zero-order valence-corrected chi connectivity index (χ0v) is 13.3. The molecule has 1 aromatic carbocycles. The van der Waals surface area contributed by atoms with Crippen LogP contribution in [-0.2, 0) is 12.3 Å². The molecule has 0 atom stereocenters. The van der Waals surface area contributed by atoms with E-state index < -0.39 is 0 Å². The monoisotopic (exact) mass is 304 g/mol. The molecule has 0 N–H and O–H groups in total. The standard InChI is InChI=1S/C16H20N2O2S/c1-3-8-20-14-7-5-6-12(9-14)15-10-13(11-21)16(19)18(4-2)17-15/h5-7,9-10,21H,3-4,8,11H2,1-2H3. The van der Waals surface area contributed by atoms with Gasteiger partial charge in [0.15, 0.2) is 0 Å². The number of aryl methyl sites for hydroxylation is 1. The van der Waals surface area contributed by atoms with Gasteiger partial charge < -0.3 is 4.74 Å². The Kier molecular flexibility index (Phi) is 5.44. The zero-order chi connectivity index (χ0) is 15.2. The van der Waals surface area contributed by atoms with E-state index in [1.807, 2.05) is 31.2 Å². The van der Waals surface area contributed by atoms with Gasteiger partial charge >= 0.3 is 0 Å². The molecule has 21 heavy (non-hydrogen) atoms. The maximum absolute atomic E-state index is 12.0. The summed E-state index contributed by atoms with van der Waals surface area (Å²) in [6.45, 7) is 5.20. The first-order chi connectivity index (χ1) is 10.2. The second-order valence-electron chi connectivity index (χ2n) is 4.71. The van der Waals surface area contributed by atoms with Gasteiger partial charge in [-0.2, -0.15) is 17.7 Å². The summed E-state index contributed by atoms with van der Waals surface area (Å²) in [5.74, 6) is 1.22. The number of nitrogens with zero attached hydrogens (tertiary/aromatic N) is 2. The third-order valence-electron chi connectivity index (χ3n) is 3.12. The Morgan fingerprint density at radius 1 is 1.29 bits per heavy atom. The first-order valence-corrected chi connectivity index (χ1v) is 7.78. The van der Waals surface area contributed by atoms with Crippen molar-refractivity contribution in [2.24, 2.45) is 0 Å². The molecule has 0 unspecified atom stereocenters. The van der Waals surface area contributed by atoms with Crippen LogP contribution in [0.15, 0.2) is 35.1 Å². The van der Waals surface area contributed by atoms with Crippen molar-refractivity contribution in [3.63, 3.8) is 0 Å². The number of aromatic nitrogens is 2. The Morgan fingerprint density at radius 2 is 2.10 bits per heavy atom. The molecule has 2 rings (SSSR count). The summed E-state index contributed by atoms with van der Waals surface area (Å²) in [6, 6.07) is 9.58. The fourth-order valence-electron chi connectivity index (χ4n) is 2.03. The predicted molar refractivity (Wildman–Crippen MR) is 88.1 cm³/mol. The van der Waals surface area contributed by atoms with Gasteiger partial charge in [-0.05, 0) is 31.5 Å². The fraction of sp³-hybridized carbons (Fsp3) is 0.375. The van der Waals surface area contributed by atoms with Gasteiger partial charge in [0.2, 0.25) is 0 Å². The Balaban J connectivity index is 2.44. The molecule has 0 saturated carbocycles. The summed E-state index contributed by atoms with van der Waals surface area (Å²) < 4.78 is 7.12. The minimum atomic E-state index is -0.0744. The van der Waals surface area contributed by atoms with E-state index in [1.165, 1.54) is 4.68 Å². The van der Waals surface area contributed by atoms with Gasteiger partial charge in [-0.3, -0.25) is 4.79 Å². The van der Waals surface area contributed by atoms with E-state index in [0.29, 0.717) is 24.5 Å². The summed E-state index contributed by atoms with van der Waals surface area (Å²) in [5.41, 5.74) is 2.29.